The van der Waals surface area contributed by atoms with Crippen LogP contribution in [0.1, 0.15) is 27.9 Å². The second kappa shape index (κ2) is 9.24. The van der Waals surface area contributed by atoms with Gasteiger partial charge in [-0.05, 0) is 23.3 Å². The van der Waals surface area contributed by atoms with Gasteiger partial charge >= 0.3 is 0 Å². The Hall–Kier alpha value is -3.13. The zero-order chi connectivity index (χ0) is 18.1. The Bertz CT molecular complexity index is 749. The predicted octanol–water partition coefficient (Wildman–Crippen LogP) is 2.53. The summed E-state index contributed by atoms with van der Waals surface area (Å²) in [6.07, 6.45) is 0.570. The van der Waals surface area contributed by atoms with E-state index in [2.05, 4.69) is 11.4 Å². The van der Waals surface area contributed by atoms with Crippen molar-refractivity contribution in [2.24, 2.45) is 0 Å². The van der Waals surface area contributed by atoms with Crippen LogP contribution in [-0.4, -0.2) is 30.3 Å². The molecule has 5 nitrogen and oxygen atoms in total. The first-order valence-corrected chi connectivity index (χ1v) is 8.13. The van der Waals surface area contributed by atoms with E-state index in [-0.39, 0.29) is 24.7 Å². The van der Waals surface area contributed by atoms with Gasteiger partial charge in [0, 0.05) is 25.7 Å². The zero-order valence-corrected chi connectivity index (χ0v) is 14.2. The summed E-state index contributed by atoms with van der Waals surface area (Å²) in [7, 11) is 1.59. The molecule has 0 aliphatic carbocycles. The molecule has 0 aliphatic rings. The molecule has 0 atom stereocenters. The number of nitriles is 1. The molecule has 0 fully saturated rings. The van der Waals surface area contributed by atoms with Crippen molar-refractivity contribution in [2.45, 2.75) is 19.4 Å². The molecule has 0 bridgehead atoms. The van der Waals surface area contributed by atoms with Crippen LogP contribution in [0.5, 0.6) is 0 Å². The van der Waals surface area contributed by atoms with E-state index >= 15 is 0 Å². The molecular weight excluding hydrogens is 314 g/mol. The van der Waals surface area contributed by atoms with Gasteiger partial charge in [0.2, 0.25) is 5.91 Å². The molecule has 5 heteroatoms. The fourth-order valence-electron chi connectivity index (χ4n) is 2.46. The monoisotopic (exact) mass is 335 g/mol. The number of benzene rings is 2. The average molecular weight is 335 g/mol. The van der Waals surface area contributed by atoms with Crippen molar-refractivity contribution >= 4 is 11.8 Å². The second-order valence-corrected chi connectivity index (χ2v) is 5.67. The molecule has 0 unspecified atom stereocenters. The molecule has 0 heterocycles. The van der Waals surface area contributed by atoms with Crippen LogP contribution >= 0.6 is 0 Å². The highest BCUT2D eigenvalue weighted by molar-refractivity contribution is 5.94. The standard InChI is InChI=1S/C20H21N3O2/c1-22-19(24)14-16-8-10-18(11-9-16)20(25)23(13-5-12-21)15-17-6-3-2-4-7-17/h2-4,6-11H,5,13-15H2,1H3,(H,22,24). The molecule has 0 spiro atoms. The van der Waals surface area contributed by atoms with Gasteiger partial charge in [-0.3, -0.25) is 9.59 Å². The van der Waals surface area contributed by atoms with Crippen LogP contribution in [0.2, 0.25) is 0 Å². The van der Waals surface area contributed by atoms with E-state index in [0.717, 1.165) is 11.1 Å². The van der Waals surface area contributed by atoms with Crippen molar-refractivity contribution in [3.05, 3.63) is 71.3 Å². The lowest BCUT2D eigenvalue weighted by Gasteiger charge is -2.22. The fourth-order valence-corrected chi connectivity index (χ4v) is 2.46. The first-order valence-electron chi connectivity index (χ1n) is 8.13. The number of nitrogens with zero attached hydrogens (tertiary/aromatic N) is 2. The Morgan fingerprint density at radius 1 is 1.04 bits per heavy atom. The molecule has 0 aliphatic heterocycles. The van der Waals surface area contributed by atoms with Crippen LogP contribution in [-0.2, 0) is 17.8 Å². The number of carbonyl (C=O) groups excluding carboxylic acids is 2. The predicted molar refractivity (Wildman–Crippen MR) is 95.6 cm³/mol. The maximum absolute atomic E-state index is 12.8. The highest BCUT2D eigenvalue weighted by Crippen LogP contribution is 2.12. The lowest BCUT2D eigenvalue weighted by atomic mass is 10.1. The van der Waals surface area contributed by atoms with E-state index in [0.29, 0.717) is 18.7 Å². The highest BCUT2D eigenvalue weighted by atomic mass is 16.2. The minimum absolute atomic E-state index is 0.0706. The van der Waals surface area contributed by atoms with Crippen LogP contribution in [0.25, 0.3) is 0 Å². The van der Waals surface area contributed by atoms with Gasteiger partial charge in [-0.1, -0.05) is 42.5 Å². The smallest absolute Gasteiger partial charge is 0.254 e. The third kappa shape index (κ3) is 5.47. The molecule has 1 N–H and O–H groups in total. The van der Waals surface area contributed by atoms with Crippen molar-refractivity contribution in [3.63, 3.8) is 0 Å². The molecule has 25 heavy (non-hydrogen) atoms. The summed E-state index contributed by atoms with van der Waals surface area (Å²) in [6.45, 7) is 0.839. The average Bonchev–Trinajstić information content (AvgIpc) is 2.66. The molecular formula is C20H21N3O2. The molecule has 2 amide bonds. The molecule has 2 rings (SSSR count). The Kier molecular flexibility index (Phi) is 6.73. The Labute approximate surface area is 147 Å². The summed E-state index contributed by atoms with van der Waals surface area (Å²) < 4.78 is 0. The highest BCUT2D eigenvalue weighted by Gasteiger charge is 2.16. The maximum Gasteiger partial charge on any atom is 0.254 e. The Morgan fingerprint density at radius 3 is 2.32 bits per heavy atom. The van der Waals surface area contributed by atoms with Gasteiger partial charge in [0.05, 0.1) is 18.9 Å². The van der Waals surface area contributed by atoms with E-state index in [1.54, 1.807) is 36.2 Å². The van der Waals surface area contributed by atoms with Gasteiger partial charge in [-0.15, -0.1) is 0 Å². The summed E-state index contributed by atoms with van der Waals surface area (Å²) in [5.41, 5.74) is 2.42. The zero-order valence-electron chi connectivity index (χ0n) is 14.2. The third-order valence-electron chi connectivity index (χ3n) is 3.84. The van der Waals surface area contributed by atoms with E-state index < -0.39 is 0 Å². The van der Waals surface area contributed by atoms with Crippen molar-refractivity contribution in [2.75, 3.05) is 13.6 Å². The van der Waals surface area contributed by atoms with Crippen molar-refractivity contribution in [3.8, 4) is 6.07 Å². The summed E-state index contributed by atoms with van der Waals surface area (Å²) in [6, 6.07) is 18.8. The number of hydrogen-bond acceptors (Lipinski definition) is 3. The number of nitrogens with one attached hydrogen (secondary N) is 1. The number of rotatable bonds is 7. The minimum Gasteiger partial charge on any atom is -0.359 e. The maximum atomic E-state index is 12.8. The molecule has 2 aromatic rings. The number of likely N-dealkylation sites (N-methyl/N-ethyl adjacent to an activating group) is 1. The Balaban J connectivity index is 2.12. The quantitative estimate of drug-likeness (QED) is 0.845. The molecule has 0 aromatic heterocycles. The van der Waals surface area contributed by atoms with Crippen molar-refractivity contribution < 1.29 is 9.59 Å². The normalized spacial score (nSPS) is 9.92. The SMILES string of the molecule is CNC(=O)Cc1ccc(C(=O)N(CCC#N)Cc2ccccc2)cc1. The summed E-state index contributed by atoms with van der Waals surface area (Å²) >= 11 is 0. The molecule has 0 radical (unpaired) electrons. The van der Waals surface area contributed by atoms with Crippen molar-refractivity contribution in [1.29, 1.82) is 5.26 Å². The van der Waals surface area contributed by atoms with Gasteiger partial charge in [-0.25, -0.2) is 0 Å². The van der Waals surface area contributed by atoms with Crippen LogP contribution in [0, 0.1) is 11.3 Å². The second-order valence-electron chi connectivity index (χ2n) is 5.67. The van der Waals surface area contributed by atoms with Gasteiger partial charge in [0.15, 0.2) is 0 Å². The molecule has 2 aromatic carbocycles. The number of carbonyl (C=O) groups is 2. The van der Waals surface area contributed by atoms with E-state index in [4.69, 9.17) is 5.26 Å². The third-order valence-corrected chi connectivity index (χ3v) is 3.84. The van der Waals surface area contributed by atoms with Gasteiger partial charge in [0.25, 0.3) is 5.91 Å². The lowest BCUT2D eigenvalue weighted by Crippen LogP contribution is -2.31. The Morgan fingerprint density at radius 2 is 1.72 bits per heavy atom. The number of amides is 2. The van der Waals surface area contributed by atoms with Crippen molar-refractivity contribution in [1.82, 2.24) is 10.2 Å². The first kappa shape index (κ1) is 18.2. The topological polar surface area (TPSA) is 73.2 Å². The van der Waals surface area contributed by atoms with E-state index in [1.165, 1.54) is 0 Å². The molecule has 128 valence electrons. The largest absolute Gasteiger partial charge is 0.359 e. The van der Waals surface area contributed by atoms with Crippen LogP contribution in [0.15, 0.2) is 54.6 Å². The molecule has 0 saturated heterocycles. The van der Waals surface area contributed by atoms with Crippen LogP contribution in [0.4, 0.5) is 0 Å². The van der Waals surface area contributed by atoms with Gasteiger partial charge < -0.3 is 10.2 Å². The summed E-state index contributed by atoms with van der Waals surface area (Å²) in [5, 5.41) is 11.4. The summed E-state index contributed by atoms with van der Waals surface area (Å²) in [4.78, 5) is 25.9. The minimum atomic E-state index is -0.120. The lowest BCUT2D eigenvalue weighted by molar-refractivity contribution is -0.119. The number of hydrogen-bond donors (Lipinski definition) is 1. The van der Waals surface area contributed by atoms with E-state index in [1.807, 2.05) is 30.3 Å². The molecule has 0 saturated carbocycles. The van der Waals surface area contributed by atoms with Crippen LogP contribution in [0.3, 0.4) is 0 Å². The summed E-state index contributed by atoms with van der Waals surface area (Å²) in [5.74, 6) is -0.190. The van der Waals surface area contributed by atoms with Crippen LogP contribution < -0.4 is 5.32 Å². The van der Waals surface area contributed by atoms with Gasteiger partial charge in [-0.2, -0.15) is 5.26 Å². The van der Waals surface area contributed by atoms with E-state index in [9.17, 15) is 9.59 Å². The first-order chi connectivity index (χ1) is 12.1. The fraction of sp³-hybridized carbons (Fsp3) is 0.250. The van der Waals surface area contributed by atoms with Gasteiger partial charge in [0.1, 0.15) is 0 Å².